The highest BCUT2D eigenvalue weighted by Gasteiger charge is 2.32. The summed E-state index contributed by atoms with van der Waals surface area (Å²) in [6, 6.07) is 7.27. The molecule has 0 aromatic heterocycles. The molecule has 2 rings (SSSR count). The molecule has 0 bridgehead atoms. The molecular formula is C14H22BrN3O2S. The van der Waals surface area contributed by atoms with Crippen molar-refractivity contribution in [2.75, 3.05) is 13.1 Å². The SMILES string of the molecule is CC(NS(=O)(=O)N1CCCCC1CN)c1cccc(Br)c1. The zero-order valence-corrected chi connectivity index (χ0v) is 14.5. The highest BCUT2D eigenvalue weighted by atomic mass is 79.9. The van der Waals surface area contributed by atoms with Crippen LogP contribution in [0.3, 0.4) is 0 Å². The Bertz CT molecular complexity index is 579. The maximum Gasteiger partial charge on any atom is 0.280 e. The number of piperidine rings is 1. The highest BCUT2D eigenvalue weighted by Crippen LogP contribution is 2.22. The van der Waals surface area contributed by atoms with Crippen molar-refractivity contribution in [3.8, 4) is 0 Å². The average molecular weight is 376 g/mol. The Labute approximate surface area is 135 Å². The number of nitrogens with zero attached hydrogens (tertiary/aromatic N) is 1. The van der Waals surface area contributed by atoms with Gasteiger partial charge in [-0.3, -0.25) is 0 Å². The van der Waals surface area contributed by atoms with E-state index in [9.17, 15) is 8.42 Å². The second-order valence-electron chi connectivity index (χ2n) is 5.40. The number of halogens is 1. The van der Waals surface area contributed by atoms with Crippen LogP contribution in [0, 0.1) is 0 Å². The van der Waals surface area contributed by atoms with Crippen LogP contribution in [0.5, 0.6) is 0 Å². The Morgan fingerprint density at radius 2 is 2.24 bits per heavy atom. The van der Waals surface area contributed by atoms with E-state index in [0.29, 0.717) is 13.1 Å². The maximum atomic E-state index is 12.6. The van der Waals surface area contributed by atoms with Gasteiger partial charge in [-0.25, -0.2) is 0 Å². The summed E-state index contributed by atoms with van der Waals surface area (Å²) < 4.78 is 30.4. The second kappa shape index (κ2) is 7.19. The average Bonchev–Trinajstić information content (AvgIpc) is 2.46. The van der Waals surface area contributed by atoms with Crippen LogP contribution in [-0.4, -0.2) is 31.9 Å². The maximum absolute atomic E-state index is 12.6. The molecule has 1 aliphatic heterocycles. The summed E-state index contributed by atoms with van der Waals surface area (Å²) in [4.78, 5) is 0. The normalized spacial score (nSPS) is 22.1. The van der Waals surface area contributed by atoms with E-state index in [1.54, 1.807) is 0 Å². The summed E-state index contributed by atoms with van der Waals surface area (Å²) in [6.07, 6.45) is 2.76. The van der Waals surface area contributed by atoms with E-state index in [2.05, 4.69) is 20.7 Å². The molecule has 1 fully saturated rings. The second-order valence-corrected chi connectivity index (χ2v) is 7.97. The lowest BCUT2D eigenvalue weighted by molar-refractivity contribution is 0.253. The summed E-state index contributed by atoms with van der Waals surface area (Å²) in [6.45, 7) is 2.76. The van der Waals surface area contributed by atoms with Gasteiger partial charge >= 0.3 is 0 Å². The number of benzene rings is 1. The van der Waals surface area contributed by atoms with Gasteiger partial charge in [0.2, 0.25) is 0 Å². The van der Waals surface area contributed by atoms with E-state index < -0.39 is 10.2 Å². The van der Waals surface area contributed by atoms with Crippen molar-refractivity contribution < 1.29 is 8.42 Å². The van der Waals surface area contributed by atoms with Crippen molar-refractivity contribution in [1.29, 1.82) is 0 Å². The van der Waals surface area contributed by atoms with E-state index in [1.807, 2.05) is 31.2 Å². The Morgan fingerprint density at radius 1 is 1.48 bits per heavy atom. The first-order valence-electron chi connectivity index (χ1n) is 7.18. The number of hydrogen-bond donors (Lipinski definition) is 2. The zero-order valence-electron chi connectivity index (χ0n) is 12.1. The van der Waals surface area contributed by atoms with Crippen LogP contribution in [0.1, 0.15) is 37.8 Å². The fourth-order valence-corrected chi connectivity index (χ4v) is 4.75. The fourth-order valence-electron chi connectivity index (χ4n) is 2.66. The molecule has 0 saturated carbocycles. The van der Waals surface area contributed by atoms with Crippen molar-refractivity contribution in [3.05, 3.63) is 34.3 Å². The molecule has 0 spiro atoms. The van der Waals surface area contributed by atoms with Crippen LogP contribution >= 0.6 is 15.9 Å². The van der Waals surface area contributed by atoms with Crippen LogP contribution in [-0.2, 0) is 10.2 Å². The van der Waals surface area contributed by atoms with Crippen LogP contribution in [0.4, 0.5) is 0 Å². The molecule has 3 N–H and O–H groups in total. The first kappa shape index (κ1) is 16.9. The predicted molar refractivity (Wildman–Crippen MR) is 88.0 cm³/mol. The van der Waals surface area contributed by atoms with Gasteiger partial charge in [0, 0.05) is 29.6 Å². The van der Waals surface area contributed by atoms with Crippen LogP contribution < -0.4 is 10.5 Å². The van der Waals surface area contributed by atoms with E-state index in [1.165, 1.54) is 4.31 Å². The van der Waals surface area contributed by atoms with Gasteiger partial charge in [-0.2, -0.15) is 17.4 Å². The Morgan fingerprint density at radius 3 is 2.90 bits per heavy atom. The van der Waals surface area contributed by atoms with Crippen LogP contribution in [0.2, 0.25) is 0 Å². The Kier molecular flexibility index (Phi) is 5.79. The quantitative estimate of drug-likeness (QED) is 0.827. The summed E-state index contributed by atoms with van der Waals surface area (Å²) in [5.41, 5.74) is 6.64. The van der Waals surface area contributed by atoms with Crippen molar-refractivity contribution in [1.82, 2.24) is 9.03 Å². The van der Waals surface area contributed by atoms with Gasteiger partial charge in [-0.15, -0.1) is 0 Å². The predicted octanol–water partition coefficient (Wildman–Crippen LogP) is 2.16. The lowest BCUT2D eigenvalue weighted by Gasteiger charge is -2.34. The third-order valence-corrected chi connectivity index (χ3v) is 6.07. The van der Waals surface area contributed by atoms with Gasteiger partial charge in [0.15, 0.2) is 0 Å². The van der Waals surface area contributed by atoms with E-state index in [-0.39, 0.29) is 12.1 Å². The molecule has 21 heavy (non-hydrogen) atoms. The monoisotopic (exact) mass is 375 g/mol. The number of rotatable bonds is 5. The minimum absolute atomic E-state index is 0.0917. The zero-order chi connectivity index (χ0) is 15.5. The third-order valence-electron chi connectivity index (χ3n) is 3.83. The van der Waals surface area contributed by atoms with E-state index in [0.717, 1.165) is 29.3 Å². The summed E-state index contributed by atoms with van der Waals surface area (Å²) >= 11 is 3.40. The topological polar surface area (TPSA) is 75.4 Å². The summed E-state index contributed by atoms with van der Waals surface area (Å²) in [7, 11) is -3.52. The molecule has 0 radical (unpaired) electrons. The van der Waals surface area contributed by atoms with E-state index >= 15 is 0 Å². The van der Waals surface area contributed by atoms with Gasteiger partial charge < -0.3 is 5.73 Å². The summed E-state index contributed by atoms with van der Waals surface area (Å²) in [5, 5.41) is 0. The first-order chi connectivity index (χ1) is 9.94. The number of nitrogens with two attached hydrogens (primary N) is 1. The molecule has 118 valence electrons. The molecule has 1 aliphatic rings. The molecule has 2 unspecified atom stereocenters. The third kappa shape index (κ3) is 4.26. The molecule has 1 aromatic carbocycles. The molecular weight excluding hydrogens is 354 g/mol. The van der Waals surface area contributed by atoms with Crippen molar-refractivity contribution in [3.63, 3.8) is 0 Å². The van der Waals surface area contributed by atoms with Gasteiger partial charge in [-0.05, 0) is 37.5 Å². The molecule has 1 aromatic rings. The van der Waals surface area contributed by atoms with Gasteiger partial charge in [0.05, 0.1) is 0 Å². The molecule has 1 heterocycles. The standard InChI is InChI=1S/C14H22BrN3O2S/c1-11(12-5-4-6-13(15)9-12)17-21(19,20)18-8-3-2-7-14(18)10-16/h4-6,9,11,14,17H,2-3,7-8,10,16H2,1H3. The van der Waals surface area contributed by atoms with Gasteiger partial charge in [0.25, 0.3) is 10.2 Å². The highest BCUT2D eigenvalue weighted by molar-refractivity contribution is 9.10. The minimum Gasteiger partial charge on any atom is -0.329 e. The largest absolute Gasteiger partial charge is 0.329 e. The van der Waals surface area contributed by atoms with Crippen molar-refractivity contribution >= 4 is 26.1 Å². The number of nitrogens with one attached hydrogen (secondary N) is 1. The molecule has 1 saturated heterocycles. The Hall–Kier alpha value is -0.470. The lowest BCUT2D eigenvalue weighted by Crippen LogP contribution is -2.52. The van der Waals surface area contributed by atoms with E-state index in [4.69, 9.17) is 5.73 Å². The molecule has 7 heteroatoms. The first-order valence-corrected chi connectivity index (χ1v) is 9.42. The lowest BCUT2D eigenvalue weighted by atomic mass is 10.1. The van der Waals surface area contributed by atoms with Gasteiger partial charge in [-0.1, -0.05) is 34.5 Å². The number of hydrogen-bond acceptors (Lipinski definition) is 3. The summed E-state index contributed by atoms with van der Waals surface area (Å²) in [5.74, 6) is 0. The van der Waals surface area contributed by atoms with Crippen LogP contribution in [0.25, 0.3) is 0 Å². The Balaban J connectivity index is 2.12. The van der Waals surface area contributed by atoms with Crippen molar-refractivity contribution in [2.24, 2.45) is 5.73 Å². The smallest absolute Gasteiger partial charge is 0.280 e. The molecule has 2 atom stereocenters. The molecule has 0 aliphatic carbocycles. The van der Waals surface area contributed by atoms with Gasteiger partial charge in [0.1, 0.15) is 0 Å². The molecule has 5 nitrogen and oxygen atoms in total. The fraction of sp³-hybridized carbons (Fsp3) is 0.571. The van der Waals surface area contributed by atoms with Crippen molar-refractivity contribution in [2.45, 2.75) is 38.3 Å². The molecule has 0 amide bonds. The van der Waals surface area contributed by atoms with Crippen LogP contribution in [0.15, 0.2) is 28.7 Å². The minimum atomic E-state index is -3.52.